The number of rotatable bonds is 3. The molecule has 1 atom stereocenters. The maximum Gasteiger partial charge on any atom is 0.453 e. The summed E-state index contributed by atoms with van der Waals surface area (Å²) in [4.78, 5) is 16.8. The van der Waals surface area contributed by atoms with Crippen molar-refractivity contribution >= 4 is 11.7 Å². The van der Waals surface area contributed by atoms with Gasteiger partial charge >= 0.3 is 6.18 Å². The van der Waals surface area contributed by atoms with E-state index in [1.54, 1.807) is 24.3 Å². The van der Waals surface area contributed by atoms with E-state index in [2.05, 4.69) is 15.4 Å². The number of allylic oxidation sites excluding steroid dienone is 2. The molecule has 2 heterocycles. The monoisotopic (exact) mass is 406 g/mol. The Morgan fingerprint density at radius 3 is 2.69 bits per heavy atom. The highest BCUT2D eigenvalue weighted by molar-refractivity contribution is 6.00. The lowest BCUT2D eigenvalue weighted by Gasteiger charge is -2.38. The van der Waals surface area contributed by atoms with E-state index in [-0.39, 0.29) is 17.1 Å². The Labute approximate surface area is 165 Å². The summed E-state index contributed by atoms with van der Waals surface area (Å²) in [6.45, 7) is 6.12. The average molecular weight is 406 g/mol. The van der Waals surface area contributed by atoms with E-state index >= 15 is 0 Å². The second-order valence-electron chi connectivity index (χ2n) is 8.03. The van der Waals surface area contributed by atoms with Crippen molar-refractivity contribution < 1.29 is 22.7 Å². The van der Waals surface area contributed by atoms with Crippen LogP contribution in [0.3, 0.4) is 0 Å². The number of carbonyl (C=O) groups excluding carboxylic acids is 1. The summed E-state index contributed by atoms with van der Waals surface area (Å²) in [5.74, 6) is -0.889. The van der Waals surface area contributed by atoms with Crippen molar-refractivity contribution in [3.63, 3.8) is 0 Å². The number of benzene rings is 1. The van der Waals surface area contributed by atoms with Gasteiger partial charge in [-0.15, -0.1) is 5.10 Å². The van der Waals surface area contributed by atoms with Crippen molar-refractivity contribution in [3.8, 4) is 5.75 Å². The van der Waals surface area contributed by atoms with Gasteiger partial charge in [0, 0.05) is 23.3 Å². The molecule has 0 spiro atoms. The molecule has 6 nitrogen and oxygen atoms in total. The highest BCUT2D eigenvalue weighted by Crippen LogP contribution is 2.47. The van der Waals surface area contributed by atoms with Gasteiger partial charge in [0.2, 0.25) is 5.95 Å². The molecule has 0 amide bonds. The Morgan fingerprint density at radius 2 is 2.00 bits per heavy atom. The van der Waals surface area contributed by atoms with E-state index < -0.39 is 18.0 Å². The van der Waals surface area contributed by atoms with E-state index in [1.807, 2.05) is 20.8 Å². The van der Waals surface area contributed by atoms with Crippen molar-refractivity contribution in [1.82, 2.24) is 14.8 Å². The lowest BCUT2D eigenvalue weighted by molar-refractivity contribution is -0.145. The van der Waals surface area contributed by atoms with Gasteiger partial charge in [-0.25, -0.2) is 4.68 Å². The largest absolute Gasteiger partial charge is 0.494 e. The molecule has 1 aromatic heterocycles. The van der Waals surface area contributed by atoms with Crippen LogP contribution >= 0.6 is 0 Å². The van der Waals surface area contributed by atoms with Crippen LogP contribution in [0.5, 0.6) is 5.75 Å². The third-order valence-corrected chi connectivity index (χ3v) is 5.10. The molecule has 29 heavy (non-hydrogen) atoms. The molecule has 0 radical (unpaired) electrons. The van der Waals surface area contributed by atoms with Gasteiger partial charge in [0.1, 0.15) is 11.8 Å². The van der Waals surface area contributed by atoms with Gasteiger partial charge in [0.15, 0.2) is 5.78 Å². The SMILES string of the molecule is CCOc1ccccc1[C@H]1C2=C(CC(C)(C)CC2=O)Nc2nc(C(F)(F)F)nn21. The van der Waals surface area contributed by atoms with Crippen LogP contribution in [-0.4, -0.2) is 27.2 Å². The van der Waals surface area contributed by atoms with Gasteiger partial charge in [0.25, 0.3) is 5.82 Å². The molecule has 4 rings (SSSR count). The minimum Gasteiger partial charge on any atom is -0.494 e. The van der Waals surface area contributed by atoms with Crippen LogP contribution in [0.15, 0.2) is 35.5 Å². The van der Waals surface area contributed by atoms with Crippen LogP contribution in [0.2, 0.25) is 0 Å². The second-order valence-corrected chi connectivity index (χ2v) is 8.03. The molecule has 0 bridgehead atoms. The Balaban J connectivity index is 1.94. The zero-order valence-electron chi connectivity index (χ0n) is 16.3. The summed E-state index contributed by atoms with van der Waals surface area (Å²) < 4.78 is 46.8. The van der Waals surface area contributed by atoms with E-state index in [0.29, 0.717) is 42.0 Å². The van der Waals surface area contributed by atoms with E-state index in [0.717, 1.165) is 4.68 Å². The van der Waals surface area contributed by atoms with Crippen molar-refractivity contribution in [1.29, 1.82) is 0 Å². The zero-order valence-corrected chi connectivity index (χ0v) is 16.3. The van der Waals surface area contributed by atoms with Crippen LogP contribution in [0.4, 0.5) is 19.1 Å². The number of anilines is 1. The quantitative estimate of drug-likeness (QED) is 0.821. The molecular formula is C20H21F3N4O2. The number of hydrogen-bond donors (Lipinski definition) is 1. The second kappa shape index (κ2) is 6.60. The van der Waals surface area contributed by atoms with Crippen molar-refractivity contribution in [3.05, 3.63) is 46.9 Å². The van der Waals surface area contributed by atoms with E-state index in [4.69, 9.17) is 4.74 Å². The third kappa shape index (κ3) is 3.38. The van der Waals surface area contributed by atoms with Gasteiger partial charge in [0.05, 0.1) is 6.61 Å². The first-order valence-electron chi connectivity index (χ1n) is 9.39. The summed E-state index contributed by atoms with van der Waals surface area (Å²) in [5, 5.41) is 6.66. The van der Waals surface area contributed by atoms with Crippen LogP contribution in [0.1, 0.15) is 51.0 Å². The number of fused-ring (bicyclic) bond motifs is 1. The first kappa shape index (κ1) is 19.5. The number of carbonyl (C=O) groups is 1. The first-order valence-corrected chi connectivity index (χ1v) is 9.39. The van der Waals surface area contributed by atoms with Gasteiger partial charge in [-0.2, -0.15) is 18.2 Å². The highest BCUT2D eigenvalue weighted by atomic mass is 19.4. The molecule has 1 N–H and O–H groups in total. The van der Waals surface area contributed by atoms with E-state index in [9.17, 15) is 18.0 Å². The summed E-state index contributed by atoms with van der Waals surface area (Å²) in [7, 11) is 0. The topological polar surface area (TPSA) is 69.0 Å². The number of alkyl halides is 3. The molecule has 1 aliphatic heterocycles. The number of nitrogens with one attached hydrogen (secondary N) is 1. The number of para-hydroxylation sites is 1. The molecule has 1 aliphatic carbocycles. The van der Waals surface area contributed by atoms with E-state index in [1.165, 1.54) is 0 Å². The summed E-state index contributed by atoms with van der Waals surface area (Å²) >= 11 is 0. The number of ketones is 1. The molecule has 0 fully saturated rings. The molecule has 1 aromatic carbocycles. The normalized spacial score (nSPS) is 20.8. The van der Waals surface area contributed by atoms with Crippen molar-refractivity contribution in [2.75, 3.05) is 11.9 Å². The van der Waals surface area contributed by atoms with Crippen LogP contribution in [0, 0.1) is 5.41 Å². The number of ether oxygens (including phenoxy) is 1. The number of nitrogens with zero attached hydrogens (tertiary/aromatic N) is 3. The molecule has 0 saturated carbocycles. The summed E-state index contributed by atoms with van der Waals surface area (Å²) in [6.07, 6.45) is -3.87. The molecule has 154 valence electrons. The molecular weight excluding hydrogens is 385 g/mol. The van der Waals surface area contributed by atoms with Crippen LogP contribution in [-0.2, 0) is 11.0 Å². The van der Waals surface area contributed by atoms with Gasteiger partial charge < -0.3 is 10.1 Å². The Morgan fingerprint density at radius 1 is 1.28 bits per heavy atom. The third-order valence-electron chi connectivity index (χ3n) is 5.10. The zero-order chi connectivity index (χ0) is 21.0. The van der Waals surface area contributed by atoms with Crippen molar-refractivity contribution in [2.24, 2.45) is 5.41 Å². The Kier molecular flexibility index (Phi) is 4.43. The highest BCUT2D eigenvalue weighted by Gasteiger charge is 2.45. The minimum absolute atomic E-state index is 0.0297. The summed E-state index contributed by atoms with van der Waals surface area (Å²) in [5.41, 5.74) is 1.29. The lowest BCUT2D eigenvalue weighted by atomic mass is 9.73. The number of hydrogen-bond acceptors (Lipinski definition) is 5. The minimum atomic E-state index is -4.69. The number of aromatic nitrogens is 3. The fourth-order valence-electron chi connectivity index (χ4n) is 4.01. The number of Topliss-reactive ketones (excluding diaryl/α,β-unsaturated/α-hetero) is 1. The molecule has 0 saturated heterocycles. The standard InChI is InChI=1S/C20H21F3N4O2/c1-4-29-14-8-6-5-7-11(14)16-15-12(9-19(2,3)10-13(15)28)24-18-25-17(20(21,22)23)26-27(16)18/h5-8,16H,4,9-10H2,1-3H3,(H,24,25,26)/t16-/m0/s1. The Bertz CT molecular complexity index is 1010. The van der Waals surface area contributed by atoms with Crippen molar-refractivity contribution in [2.45, 2.75) is 45.8 Å². The molecule has 9 heteroatoms. The molecule has 2 aliphatic rings. The lowest BCUT2D eigenvalue weighted by Crippen LogP contribution is -2.36. The molecule has 2 aromatic rings. The number of halogens is 3. The smallest absolute Gasteiger partial charge is 0.453 e. The predicted molar refractivity (Wildman–Crippen MR) is 99.4 cm³/mol. The fraction of sp³-hybridized carbons (Fsp3) is 0.450. The fourth-order valence-corrected chi connectivity index (χ4v) is 4.01. The maximum absolute atomic E-state index is 13.3. The summed E-state index contributed by atoms with van der Waals surface area (Å²) in [6, 6.07) is 6.19. The average Bonchev–Trinajstić information content (AvgIpc) is 3.04. The Hall–Kier alpha value is -2.84. The van der Waals surface area contributed by atoms with Crippen LogP contribution < -0.4 is 10.1 Å². The van der Waals surface area contributed by atoms with Gasteiger partial charge in [-0.3, -0.25) is 4.79 Å². The first-order chi connectivity index (χ1) is 13.6. The van der Waals surface area contributed by atoms with Gasteiger partial charge in [-0.05, 0) is 24.8 Å². The maximum atomic E-state index is 13.3. The predicted octanol–water partition coefficient (Wildman–Crippen LogP) is 4.35. The van der Waals surface area contributed by atoms with Crippen LogP contribution in [0.25, 0.3) is 0 Å². The molecule has 0 unspecified atom stereocenters. The van der Waals surface area contributed by atoms with Gasteiger partial charge in [-0.1, -0.05) is 32.0 Å².